The van der Waals surface area contributed by atoms with E-state index in [1.165, 1.54) is 12.1 Å². The van der Waals surface area contributed by atoms with Crippen LogP contribution in [-0.2, 0) is 14.3 Å². The molecular formula is C33H41N3O5. The summed E-state index contributed by atoms with van der Waals surface area (Å²) in [5.74, 6) is -0.510. The number of benzene rings is 3. The lowest BCUT2D eigenvalue weighted by Gasteiger charge is -2.35. The number of anilines is 1. The number of ether oxygens (including phenoxy) is 1. The van der Waals surface area contributed by atoms with Gasteiger partial charge in [0.25, 0.3) is 5.91 Å². The third-order valence-electron chi connectivity index (χ3n) is 7.10. The first-order valence-corrected chi connectivity index (χ1v) is 14.2. The maximum absolute atomic E-state index is 14.4. The number of alkyl carbamates (subject to hydrolysis) is 1. The molecule has 3 amide bonds. The molecule has 3 aromatic carbocycles. The summed E-state index contributed by atoms with van der Waals surface area (Å²) in [5, 5.41) is 18.1. The molecule has 1 aliphatic rings. The zero-order valence-electron chi connectivity index (χ0n) is 24.7. The van der Waals surface area contributed by atoms with E-state index in [0.29, 0.717) is 17.7 Å². The van der Waals surface area contributed by atoms with Gasteiger partial charge in [-0.25, -0.2) is 4.79 Å². The highest BCUT2D eigenvalue weighted by Crippen LogP contribution is 2.41. The summed E-state index contributed by atoms with van der Waals surface area (Å²) in [7, 11) is 0. The van der Waals surface area contributed by atoms with Crippen LogP contribution in [0.15, 0.2) is 66.7 Å². The maximum atomic E-state index is 14.4. The predicted molar refractivity (Wildman–Crippen MR) is 160 cm³/mol. The Balaban J connectivity index is 1.72. The van der Waals surface area contributed by atoms with Crippen LogP contribution in [0.25, 0.3) is 10.8 Å². The first kappa shape index (κ1) is 29.9. The second-order valence-corrected chi connectivity index (χ2v) is 12.4. The van der Waals surface area contributed by atoms with Gasteiger partial charge in [-0.1, -0.05) is 63.2 Å². The Morgan fingerprint density at radius 2 is 1.68 bits per heavy atom. The Morgan fingerprint density at radius 3 is 2.29 bits per heavy atom. The van der Waals surface area contributed by atoms with Crippen LogP contribution in [0.5, 0.6) is 5.75 Å². The summed E-state index contributed by atoms with van der Waals surface area (Å²) in [4.78, 5) is 42.8. The molecule has 1 saturated carbocycles. The number of aromatic hydroxyl groups is 1. The molecule has 0 spiro atoms. The number of hydrogen-bond acceptors (Lipinski definition) is 5. The van der Waals surface area contributed by atoms with E-state index < -0.39 is 29.7 Å². The molecule has 3 N–H and O–H groups in total. The molecule has 0 bridgehead atoms. The molecule has 8 nitrogen and oxygen atoms in total. The molecule has 41 heavy (non-hydrogen) atoms. The molecule has 0 radical (unpaired) electrons. The number of rotatable bonds is 9. The first-order valence-electron chi connectivity index (χ1n) is 14.2. The molecule has 1 aliphatic carbocycles. The van der Waals surface area contributed by atoms with Crippen LogP contribution >= 0.6 is 0 Å². The first-order chi connectivity index (χ1) is 19.3. The van der Waals surface area contributed by atoms with Crippen molar-refractivity contribution in [3.8, 4) is 5.75 Å². The van der Waals surface area contributed by atoms with Crippen LogP contribution in [0.3, 0.4) is 0 Å². The number of nitrogens with one attached hydrogen (secondary N) is 2. The molecule has 8 heteroatoms. The minimum atomic E-state index is -1.04. The van der Waals surface area contributed by atoms with Gasteiger partial charge in [0.05, 0.1) is 0 Å². The SMILES string of the molecule is CC(C)CC(NC(=O)OC(C)(C)C)C(=O)N(C(C(=O)Nc1ccc2ccccc2c1)c1cccc(O)c1)C1CC1C. The highest BCUT2D eigenvalue weighted by molar-refractivity contribution is 6.00. The minimum Gasteiger partial charge on any atom is -0.508 e. The van der Waals surface area contributed by atoms with Gasteiger partial charge in [-0.05, 0) is 86.1 Å². The third kappa shape index (κ3) is 7.78. The summed E-state index contributed by atoms with van der Waals surface area (Å²) >= 11 is 0. The molecule has 1 fully saturated rings. The number of phenols is 1. The Bertz CT molecular complexity index is 1410. The Morgan fingerprint density at radius 1 is 1.00 bits per heavy atom. The number of amides is 3. The predicted octanol–water partition coefficient (Wildman–Crippen LogP) is 6.40. The Labute approximate surface area is 242 Å². The van der Waals surface area contributed by atoms with E-state index in [1.54, 1.807) is 37.8 Å². The van der Waals surface area contributed by atoms with Crippen molar-refractivity contribution in [2.75, 3.05) is 5.32 Å². The van der Waals surface area contributed by atoms with E-state index in [9.17, 15) is 19.5 Å². The van der Waals surface area contributed by atoms with E-state index in [-0.39, 0.29) is 29.5 Å². The largest absolute Gasteiger partial charge is 0.508 e. The van der Waals surface area contributed by atoms with Crippen molar-refractivity contribution in [3.63, 3.8) is 0 Å². The highest BCUT2D eigenvalue weighted by atomic mass is 16.6. The molecule has 0 heterocycles. The minimum absolute atomic E-state index is 0.00661. The number of nitrogens with zero attached hydrogens (tertiary/aromatic N) is 1. The molecule has 4 unspecified atom stereocenters. The second-order valence-electron chi connectivity index (χ2n) is 12.4. The number of carbonyl (C=O) groups is 3. The van der Waals surface area contributed by atoms with Crippen molar-refractivity contribution in [1.82, 2.24) is 10.2 Å². The van der Waals surface area contributed by atoms with Crippen molar-refractivity contribution >= 4 is 34.4 Å². The average molecular weight is 560 g/mol. The second kappa shape index (κ2) is 12.2. The van der Waals surface area contributed by atoms with Crippen molar-refractivity contribution in [1.29, 1.82) is 0 Å². The average Bonchev–Trinajstić information content (AvgIpc) is 3.60. The number of phenolic OH excluding ortho intramolecular Hbond substituents is 1. The zero-order chi connectivity index (χ0) is 29.9. The molecular weight excluding hydrogens is 518 g/mol. The number of hydrogen-bond donors (Lipinski definition) is 3. The fourth-order valence-corrected chi connectivity index (χ4v) is 5.11. The van der Waals surface area contributed by atoms with Gasteiger partial charge >= 0.3 is 6.09 Å². The van der Waals surface area contributed by atoms with Crippen LogP contribution in [0.2, 0.25) is 0 Å². The topological polar surface area (TPSA) is 108 Å². The van der Waals surface area contributed by atoms with Crippen molar-refractivity contribution in [3.05, 3.63) is 72.3 Å². The Hall–Kier alpha value is -4.07. The van der Waals surface area contributed by atoms with Crippen LogP contribution in [0.4, 0.5) is 10.5 Å². The normalized spacial score (nSPS) is 17.9. The fourth-order valence-electron chi connectivity index (χ4n) is 5.11. The van der Waals surface area contributed by atoms with Crippen molar-refractivity contribution < 1.29 is 24.2 Å². The summed E-state index contributed by atoms with van der Waals surface area (Å²) in [6.45, 7) is 11.3. The summed E-state index contributed by atoms with van der Waals surface area (Å²) in [6.07, 6.45) is 0.412. The van der Waals surface area contributed by atoms with Gasteiger partial charge in [-0.2, -0.15) is 0 Å². The summed E-state index contributed by atoms with van der Waals surface area (Å²) < 4.78 is 5.47. The zero-order valence-corrected chi connectivity index (χ0v) is 24.7. The fraction of sp³-hybridized carbons (Fsp3) is 0.424. The van der Waals surface area contributed by atoms with Gasteiger partial charge in [0.1, 0.15) is 23.4 Å². The number of carbonyl (C=O) groups excluding carboxylic acids is 3. The monoisotopic (exact) mass is 559 g/mol. The lowest BCUT2D eigenvalue weighted by atomic mass is 9.98. The molecule has 218 valence electrons. The molecule has 0 aromatic heterocycles. The summed E-state index contributed by atoms with van der Waals surface area (Å²) in [5.41, 5.74) is 0.348. The van der Waals surface area contributed by atoms with E-state index in [0.717, 1.165) is 17.2 Å². The van der Waals surface area contributed by atoms with Crippen LogP contribution in [-0.4, -0.2) is 45.6 Å². The van der Waals surface area contributed by atoms with Gasteiger partial charge in [0, 0.05) is 11.7 Å². The van der Waals surface area contributed by atoms with Gasteiger partial charge in [0.15, 0.2) is 0 Å². The van der Waals surface area contributed by atoms with E-state index in [1.807, 2.05) is 63.2 Å². The number of fused-ring (bicyclic) bond motifs is 1. The van der Waals surface area contributed by atoms with Gasteiger partial charge in [0.2, 0.25) is 5.91 Å². The molecule has 3 aromatic rings. The lowest BCUT2D eigenvalue weighted by molar-refractivity contribution is -0.142. The maximum Gasteiger partial charge on any atom is 0.408 e. The molecule has 4 atom stereocenters. The lowest BCUT2D eigenvalue weighted by Crippen LogP contribution is -2.53. The molecule has 0 aliphatic heterocycles. The van der Waals surface area contributed by atoms with Gasteiger partial charge in [-0.15, -0.1) is 0 Å². The smallest absolute Gasteiger partial charge is 0.408 e. The standard InChI is InChI=1S/C33H41N3O5/c1-20(2)16-27(35-32(40)41-33(4,5)6)31(39)36(28-17-21(28)3)29(24-12-9-13-26(37)19-24)30(38)34-25-15-14-22-10-7-8-11-23(22)18-25/h7-15,18-21,27-29,37H,16-17H2,1-6H3,(H,34,38)(H,35,40). The summed E-state index contributed by atoms with van der Waals surface area (Å²) in [6, 6.07) is 17.8. The van der Waals surface area contributed by atoms with Crippen LogP contribution < -0.4 is 10.6 Å². The molecule has 4 rings (SSSR count). The Kier molecular flexibility index (Phi) is 8.90. The van der Waals surface area contributed by atoms with Crippen LogP contribution in [0.1, 0.15) is 66.0 Å². The van der Waals surface area contributed by atoms with E-state index in [2.05, 4.69) is 10.6 Å². The molecule has 0 saturated heterocycles. The van der Waals surface area contributed by atoms with Gasteiger partial charge < -0.3 is 25.4 Å². The van der Waals surface area contributed by atoms with E-state index in [4.69, 9.17) is 4.74 Å². The van der Waals surface area contributed by atoms with Crippen molar-refractivity contribution in [2.45, 2.75) is 78.1 Å². The van der Waals surface area contributed by atoms with Crippen LogP contribution in [0, 0.1) is 11.8 Å². The third-order valence-corrected chi connectivity index (χ3v) is 7.10. The van der Waals surface area contributed by atoms with Gasteiger partial charge in [-0.3, -0.25) is 9.59 Å². The highest BCUT2D eigenvalue weighted by Gasteiger charge is 2.48. The van der Waals surface area contributed by atoms with E-state index >= 15 is 0 Å². The van der Waals surface area contributed by atoms with Crippen molar-refractivity contribution in [2.24, 2.45) is 11.8 Å². The quantitative estimate of drug-likeness (QED) is 0.281.